The molecule has 0 aliphatic carbocycles. The summed E-state index contributed by atoms with van der Waals surface area (Å²) in [5.41, 5.74) is 3.10. The maximum atomic E-state index is 9.96. The standard InChI is InChI=1S/C14H16N2O/c1-11-3-2-4-13(9-11)16-10-14(17)12-5-7-15-8-6-12/h2-9,14,16-17H,10H2,1H3. The molecule has 0 spiro atoms. The molecule has 1 unspecified atom stereocenters. The van der Waals surface area contributed by atoms with Crippen LogP contribution in [0.25, 0.3) is 0 Å². The van der Waals surface area contributed by atoms with Gasteiger partial charge in [0.15, 0.2) is 0 Å². The third-order valence-corrected chi connectivity index (χ3v) is 2.61. The first kappa shape index (κ1) is 11.6. The molecule has 0 bridgehead atoms. The van der Waals surface area contributed by atoms with Crippen molar-refractivity contribution in [2.75, 3.05) is 11.9 Å². The van der Waals surface area contributed by atoms with Crippen molar-refractivity contribution in [1.82, 2.24) is 4.98 Å². The van der Waals surface area contributed by atoms with Crippen LogP contribution in [0, 0.1) is 6.92 Å². The van der Waals surface area contributed by atoms with Gasteiger partial charge in [0.1, 0.15) is 0 Å². The normalized spacial score (nSPS) is 12.1. The Labute approximate surface area is 101 Å². The lowest BCUT2D eigenvalue weighted by molar-refractivity contribution is 0.191. The van der Waals surface area contributed by atoms with Gasteiger partial charge in [-0.3, -0.25) is 4.98 Å². The minimum Gasteiger partial charge on any atom is -0.387 e. The molecule has 1 aromatic heterocycles. The first-order valence-corrected chi connectivity index (χ1v) is 5.64. The smallest absolute Gasteiger partial charge is 0.0963 e. The molecule has 3 heteroatoms. The molecule has 0 radical (unpaired) electrons. The molecule has 0 saturated heterocycles. The molecule has 2 rings (SSSR count). The van der Waals surface area contributed by atoms with Gasteiger partial charge in [0.2, 0.25) is 0 Å². The first-order valence-electron chi connectivity index (χ1n) is 5.64. The Morgan fingerprint density at radius 1 is 1.24 bits per heavy atom. The Bertz CT molecular complexity index is 471. The number of aromatic nitrogens is 1. The van der Waals surface area contributed by atoms with Gasteiger partial charge in [-0.15, -0.1) is 0 Å². The average molecular weight is 228 g/mol. The summed E-state index contributed by atoms with van der Waals surface area (Å²) in [4.78, 5) is 3.93. The minimum atomic E-state index is -0.515. The molecule has 3 nitrogen and oxygen atoms in total. The Balaban J connectivity index is 1.95. The second-order valence-electron chi connectivity index (χ2n) is 4.05. The number of hydrogen-bond acceptors (Lipinski definition) is 3. The Morgan fingerprint density at radius 3 is 2.71 bits per heavy atom. The fourth-order valence-corrected chi connectivity index (χ4v) is 1.67. The van der Waals surface area contributed by atoms with E-state index in [0.29, 0.717) is 6.54 Å². The molecule has 17 heavy (non-hydrogen) atoms. The van der Waals surface area contributed by atoms with Gasteiger partial charge in [0.05, 0.1) is 6.10 Å². The third kappa shape index (κ3) is 3.29. The van der Waals surface area contributed by atoms with Gasteiger partial charge in [-0.25, -0.2) is 0 Å². The molecular weight excluding hydrogens is 212 g/mol. The van der Waals surface area contributed by atoms with E-state index in [4.69, 9.17) is 0 Å². The highest BCUT2D eigenvalue weighted by Gasteiger charge is 2.06. The molecule has 0 fully saturated rings. The van der Waals surface area contributed by atoms with Crippen LogP contribution in [-0.2, 0) is 0 Å². The quantitative estimate of drug-likeness (QED) is 0.845. The molecule has 1 heterocycles. The van der Waals surface area contributed by atoms with Gasteiger partial charge in [-0.2, -0.15) is 0 Å². The third-order valence-electron chi connectivity index (χ3n) is 2.61. The van der Waals surface area contributed by atoms with Gasteiger partial charge in [0.25, 0.3) is 0 Å². The van der Waals surface area contributed by atoms with Gasteiger partial charge in [-0.1, -0.05) is 12.1 Å². The highest BCUT2D eigenvalue weighted by atomic mass is 16.3. The predicted octanol–water partition coefficient (Wildman–Crippen LogP) is 2.54. The average Bonchev–Trinajstić information content (AvgIpc) is 2.37. The van der Waals surface area contributed by atoms with Gasteiger partial charge >= 0.3 is 0 Å². The van der Waals surface area contributed by atoms with E-state index in [2.05, 4.69) is 16.4 Å². The van der Waals surface area contributed by atoms with E-state index < -0.39 is 6.10 Å². The topological polar surface area (TPSA) is 45.1 Å². The van der Waals surface area contributed by atoms with Crippen LogP contribution in [0.2, 0.25) is 0 Å². The molecule has 2 N–H and O–H groups in total. The summed E-state index contributed by atoms with van der Waals surface area (Å²) in [6, 6.07) is 11.7. The molecule has 0 saturated carbocycles. The van der Waals surface area contributed by atoms with Crippen molar-refractivity contribution < 1.29 is 5.11 Å². The summed E-state index contributed by atoms with van der Waals surface area (Å²) < 4.78 is 0. The lowest BCUT2D eigenvalue weighted by Crippen LogP contribution is -2.12. The van der Waals surface area contributed by atoms with E-state index in [9.17, 15) is 5.11 Å². The van der Waals surface area contributed by atoms with Gasteiger partial charge in [0, 0.05) is 24.6 Å². The molecule has 1 atom stereocenters. The number of anilines is 1. The first-order chi connectivity index (χ1) is 8.25. The summed E-state index contributed by atoms with van der Waals surface area (Å²) >= 11 is 0. The zero-order valence-corrected chi connectivity index (χ0v) is 9.80. The maximum Gasteiger partial charge on any atom is 0.0963 e. The van der Waals surface area contributed by atoms with E-state index in [1.165, 1.54) is 5.56 Å². The van der Waals surface area contributed by atoms with E-state index in [-0.39, 0.29) is 0 Å². The summed E-state index contributed by atoms with van der Waals surface area (Å²) in [5, 5.41) is 13.2. The van der Waals surface area contributed by atoms with Crippen molar-refractivity contribution in [3.05, 3.63) is 59.9 Å². The number of nitrogens with one attached hydrogen (secondary N) is 1. The summed E-state index contributed by atoms with van der Waals surface area (Å²) in [6.45, 7) is 2.54. The lowest BCUT2D eigenvalue weighted by atomic mass is 10.1. The molecule has 1 aromatic carbocycles. The highest BCUT2D eigenvalue weighted by molar-refractivity contribution is 5.45. The van der Waals surface area contributed by atoms with Crippen molar-refractivity contribution in [1.29, 1.82) is 0 Å². The van der Waals surface area contributed by atoms with Crippen LogP contribution in [-0.4, -0.2) is 16.6 Å². The van der Waals surface area contributed by atoms with Crippen LogP contribution >= 0.6 is 0 Å². The van der Waals surface area contributed by atoms with E-state index in [1.807, 2.05) is 37.3 Å². The Hall–Kier alpha value is -1.87. The van der Waals surface area contributed by atoms with Gasteiger partial charge in [-0.05, 0) is 42.3 Å². The highest BCUT2D eigenvalue weighted by Crippen LogP contribution is 2.14. The van der Waals surface area contributed by atoms with Crippen LogP contribution < -0.4 is 5.32 Å². The summed E-state index contributed by atoms with van der Waals surface area (Å²) in [7, 11) is 0. The van der Waals surface area contributed by atoms with Crippen molar-refractivity contribution in [3.8, 4) is 0 Å². The van der Waals surface area contributed by atoms with Crippen LogP contribution in [0.4, 0.5) is 5.69 Å². The fourth-order valence-electron chi connectivity index (χ4n) is 1.67. The van der Waals surface area contributed by atoms with E-state index in [0.717, 1.165) is 11.3 Å². The predicted molar refractivity (Wildman–Crippen MR) is 68.9 cm³/mol. The number of pyridine rings is 1. The molecule has 88 valence electrons. The zero-order valence-electron chi connectivity index (χ0n) is 9.80. The van der Waals surface area contributed by atoms with Gasteiger partial charge < -0.3 is 10.4 Å². The van der Waals surface area contributed by atoms with Crippen LogP contribution in [0.5, 0.6) is 0 Å². The number of rotatable bonds is 4. The van der Waals surface area contributed by atoms with Crippen LogP contribution in [0.15, 0.2) is 48.8 Å². The summed E-state index contributed by atoms with van der Waals surface area (Å²) in [5.74, 6) is 0. The Kier molecular flexibility index (Phi) is 3.73. The largest absolute Gasteiger partial charge is 0.387 e. The minimum absolute atomic E-state index is 0.494. The second kappa shape index (κ2) is 5.46. The molecular formula is C14H16N2O. The fraction of sp³-hybridized carbons (Fsp3) is 0.214. The van der Waals surface area contributed by atoms with Crippen LogP contribution in [0.3, 0.4) is 0 Å². The van der Waals surface area contributed by atoms with Crippen molar-refractivity contribution in [2.45, 2.75) is 13.0 Å². The van der Waals surface area contributed by atoms with Crippen molar-refractivity contribution in [3.63, 3.8) is 0 Å². The SMILES string of the molecule is Cc1cccc(NCC(O)c2ccncc2)c1. The Morgan fingerprint density at radius 2 is 2.00 bits per heavy atom. The second-order valence-corrected chi connectivity index (χ2v) is 4.05. The van der Waals surface area contributed by atoms with E-state index in [1.54, 1.807) is 12.4 Å². The van der Waals surface area contributed by atoms with Crippen molar-refractivity contribution in [2.24, 2.45) is 0 Å². The monoisotopic (exact) mass is 228 g/mol. The molecule has 0 aliphatic heterocycles. The van der Waals surface area contributed by atoms with Crippen LogP contribution in [0.1, 0.15) is 17.2 Å². The summed E-state index contributed by atoms with van der Waals surface area (Å²) in [6.07, 6.45) is 2.86. The molecule has 0 amide bonds. The molecule has 2 aromatic rings. The lowest BCUT2D eigenvalue weighted by Gasteiger charge is -2.13. The van der Waals surface area contributed by atoms with Crippen molar-refractivity contribution >= 4 is 5.69 Å². The number of aliphatic hydroxyl groups is 1. The number of nitrogens with zero attached hydrogens (tertiary/aromatic N) is 1. The molecule has 0 aliphatic rings. The maximum absolute atomic E-state index is 9.96. The number of aliphatic hydroxyl groups excluding tert-OH is 1. The number of hydrogen-bond donors (Lipinski definition) is 2. The zero-order chi connectivity index (χ0) is 12.1. The van der Waals surface area contributed by atoms with E-state index >= 15 is 0 Å². The number of aryl methyl sites for hydroxylation is 1. The number of benzene rings is 1.